The molecule has 2 aromatic heterocycles. The summed E-state index contributed by atoms with van der Waals surface area (Å²) in [5, 5.41) is 4.47. The highest BCUT2D eigenvalue weighted by Crippen LogP contribution is 2.33. The Morgan fingerprint density at radius 1 is 1.28 bits per heavy atom. The van der Waals surface area contributed by atoms with E-state index >= 15 is 0 Å². The molecule has 1 aliphatic rings. The molecule has 3 heterocycles. The minimum Gasteiger partial charge on any atom is -0.466 e. The van der Waals surface area contributed by atoms with E-state index in [1.54, 1.807) is 11.8 Å². The lowest BCUT2D eigenvalue weighted by Crippen LogP contribution is -2.43. The zero-order valence-corrected chi connectivity index (χ0v) is 17.0. The van der Waals surface area contributed by atoms with Crippen molar-refractivity contribution in [1.29, 1.82) is 0 Å². The molecule has 3 aromatic rings. The topological polar surface area (TPSA) is 94.4 Å². The molecule has 150 valence electrons. The minimum absolute atomic E-state index is 0.0114. The molecular formula is C22H24N4O3. The fraction of sp³-hybridized carbons (Fsp3) is 0.318. The number of benzene rings is 1. The number of aromatic nitrogens is 2. The third-order valence-electron chi connectivity index (χ3n) is 5.45. The van der Waals surface area contributed by atoms with Gasteiger partial charge in [-0.25, -0.2) is 4.68 Å². The summed E-state index contributed by atoms with van der Waals surface area (Å²) in [6, 6.07) is 10.4. The van der Waals surface area contributed by atoms with Crippen LogP contribution in [0.25, 0.3) is 11.3 Å². The number of carbonyl (C=O) groups excluding carboxylic acids is 1. The lowest BCUT2D eigenvalue weighted by atomic mass is 10.1. The van der Waals surface area contributed by atoms with E-state index in [9.17, 15) is 9.59 Å². The van der Waals surface area contributed by atoms with Crippen molar-refractivity contribution in [2.24, 2.45) is 0 Å². The zero-order valence-electron chi connectivity index (χ0n) is 17.0. The van der Waals surface area contributed by atoms with E-state index in [0.717, 1.165) is 29.0 Å². The molecule has 0 saturated carbocycles. The molecule has 0 fully saturated rings. The van der Waals surface area contributed by atoms with Crippen LogP contribution >= 0.6 is 0 Å². The Balaban J connectivity index is 1.76. The van der Waals surface area contributed by atoms with Crippen molar-refractivity contribution >= 4 is 17.3 Å². The average molecular weight is 392 g/mol. The SMILES string of the molecule is Cc1cc(-c2cc(N)c(=O)n(C(C)C(=O)N3c4ccccc4CC3C)n2)c(C)o1. The van der Waals surface area contributed by atoms with Crippen molar-refractivity contribution in [3.8, 4) is 11.3 Å². The van der Waals surface area contributed by atoms with Crippen LogP contribution in [-0.4, -0.2) is 21.7 Å². The monoisotopic (exact) mass is 392 g/mol. The third kappa shape index (κ3) is 3.12. The number of hydrogen-bond donors (Lipinski definition) is 1. The van der Waals surface area contributed by atoms with Crippen molar-refractivity contribution in [3.05, 3.63) is 63.8 Å². The van der Waals surface area contributed by atoms with Gasteiger partial charge in [-0.1, -0.05) is 18.2 Å². The van der Waals surface area contributed by atoms with Gasteiger partial charge in [-0.3, -0.25) is 9.59 Å². The lowest BCUT2D eigenvalue weighted by Gasteiger charge is -2.26. The van der Waals surface area contributed by atoms with E-state index in [1.807, 2.05) is 51.1 Å². The summed E-state index contributed by atoms with van der Waals surface area (Å²) in [7, 11) is 0. The number of furan rings is 1. The van der Waals surface area contributed by atoms with Gasteiger partial charge in [-0.05, 0) is 57.9 Å². The summed E-state index contributed by atoms with van der Waals surface area (Å²) in [5.74, 6) is 1.23. The van der Waals surface area contributed by atoms with E-state index in [1.165, 1.54) is 10.7 Å². The van der Waals surface area contributed by atoms with Crippen molar-refractivity contribution in [2.45, 2.75) is 46.2 Å². The normalized spacial score (nSPS) is 16.7. The molecule has 0 bridgehead atoms. The number of carbonyl (C=O) groups is 1. The third-order valence-corrected chi connectivity index (χ3v) is 5.45. The van der Waals surface area contributed by atoms with Crippen LogP contribution in [0.5, 0.6) is 0 Å². The predicted octanol–water partition coefficient (Wildman–Crippen LogP) is 3.24. The highest BCUT2D eigenvalue weighted by atomic mass is 16.3. The van der Waals surface area contributed by atoms with Crippen LogP contribution in [0.1, 0.15) is 37.0 Å². The van der Waals surface area contributed by atoms with Gasteiger partial charge in [0, 0.05) is 17.3 Å². The Hall–Kier alpha value is -3.35. The summed E-state index contributed by atoms with van der Waals surface area (Å²) in [4.78, 5) is 27.8. The second-order valence-electron chi connectivity index (χ2n) is 7.63. The van der Waals surface area contributed by atoms with Crippen LogP contribution in [0.3, 0.4) is 0 Å². The molecule has 1 amide bonds. The predicted molar refractivity (Wildman–Crippen MR) is 112 cm³/mol. The first-order valence-electron chi connectivity index (χ1n) is 9.65. The van der Waals surface area contributed by atoms with Gasteiger partial charge in [0.15, 0.2) is 0 Å². The zero-order chi connectivity index (χ0) is 20.9. The van der Waals surface area contributed by atoms with E-state index < -0.39 is 11.6 Å². The first-order valence-corrected chi connectivity index (χ1v) is 9.65. The summed E-state index contributed by atoms with van der Waals surface area (Å²) in [5.41, 5.74) is 8.81. The quantitative estimate of drug-likeness (QED) is 0.738. The molecule has 7 heteroatoms. The van der Waals surface area contributed by atoms with E-state index in [-0.39, 0.29) is 17.6 Å². The highest BCUT2D eigenvalue weighted by Gasteiger charge is 2.34. The molecule has 0 spiro atoms. The maximum absolute atomic E-state index is 13.4. The van der Waals surface area contributed by atoms with Crippen molar-refractivity contribution in [2.75, 3.05) is 10.6 Å². The molecule has 1 aliphatic heterocycles. The second-order valence-corrected chi connectivity index (χ2v) is 7.63. The number of amides is 1. The number of rotatable bonds is 3. The maximum atomic E-state index is 13.4. The van der Waals surface area contributed by atoms with E-state index in [4.69, 9.17) is 10.2 Å². The molecule has 4 rings (SSSR count). The average Bonchev–Trinajstić information content (AvgIpc) is 3.20. The molecule has 1 aromatic carbocycles. The molecule has 0 aliphatic carbocycles. The molecule has 0 radical (unpaired) electrons. The van der Waals surface area contributed by atoms with Gasteiger partial charge < -0.3 is 15.1 Å². The smallest absolute Gasteiger partial charge is 0.290 e. The van der Waals surface area contributed by atoms with Gasteiger partial charge in [0.25, 0.3) is 11.5 Å². The number of hydrogen-bond acceptors (Lipinski definition) is 5. The summed E-state index contributed by atoms with van der Waals surface area (Å²) in [6.07, 6.45) is 0.784. The fourth-order valence-electron chi connectivity index (χ4n) is 4.02. The first kappa shape index (κ1) is 19.0. The second kappa shape index (κ2) is 6.92. The largest absolute Gasteiger partial charge is 0.466 e. The van der Waals surface area contributed by atoms with Crippen molar-refractivity contribution in [1.82, 2.24) is 9.78 Å². The number of anilines is 2. The Morgan fingerprint density at radius 2 is 2.00 bits per heavy atom. The number of fused-ring (bicyclic) bond motifs is 1. The minimum atomic E-state index is -0.799. The number of nitrogen functional groups attached to an aromatic ring is 1. The number of para-hydroxylation sites is 1. The first-order chi connectivity index (χ1) is 13.8. The molecule has 29 heavy (non-hydrogen) atoms. The number of aryl methyl sites for hydroxylation is 2. The Labute approximate surface area is 168 Å². The van der Waals surface area contributed by atoms with Crippen LogP contribution in [0.2, 0.25) is 0 Å². The standard InChI is InChI=1S/C22H24N4O3/c1-12-9-16-7-5-6-8-20(16)25(12)21(27)14(3)26-22(28)18(23)11-19(24-26)17-10-13(2)29-15(17)4/h5-8,10-12,14H,9,23H2,1-4H3. The van der Waals surface area contributed by atoms with Crippen LogP contribution < -0.4 is 16.2 Å². The van der Waals surface area contributed by atoms with Gasteiger partial charge in [-0.2, -0.15) is 5.10 Å². The Bertz CT molecular complexity index is 1160. The number of nitrogens with zero attached hydrogens (tertiary/aromatic N) is 3. The summed E-state index contributed by atoms with van der Waals surface area (Å²) >= 11 is 0. The molecular weight excluding hydrogens is 368 g/mol. The number of nitrogens with two attached hydrogens (primary N) is 1. The van der Waals surface area contributed by atoms with Crippen molar-refractivity contribution in [3.63, 3.8) is 0 Å². The van der Waals surface area contributed by atoms with Gasteiger partial charge in [0.05, 0.1) is 5.69 Å². The molecule has 2 N–H and O–H groups in total. The van der Waals surface area contributed by atoms with Crippen molar-refractivity contribution < 1.29 is 9.21 Å². The van der Waals surface area contributed by atoms with Gasteiger partial charge >= 0.3 is 0 Å². The molecule has 2 unspecified atom stereocenters. The van der Waals surface area contributed by atoms with Crippen LogP contribution in [-0.2, 0) is 11.2 Å². The molecule has 7 nitrogen and oxygen atoms in total. The van der Waals surface area contributed by atoms with Gasteiger partial charge in [-0.15, -0.1) is 0 Å². The molecule has 2 atom stereocenters. The summed E-state index contributed by atoms with van der Waals surface area (Å²) < 4.78 is 6.76. The lowest BCUT2D eigenvalue weighted by molar-refractivity contribution is -0.121. The highest BCUT2D eigenvalue weighted by molar-refractivity contribution is 5.98. The Morgan fingerprint density at radius 3 is 2.69 bits per heavy atom. The fourth-order valence-corrected chi connectivity index (χ4v) is 4.02. The van der Waals surface area contributed by atoms with Crippen LogP contribution in [0.4, 0.5) is 11.4 Å². The van der Waals surface area contributed by atoms with E-state index in [0.29, 0.717) is 11.5 Å². The van der Waals surface area contributed by atoms with Gasteiger partial charge in [0.1, 0.15) is 23.2 Å². The van der Waals surface area contributed by atoms with Crippen LogP contribution in [0, 0.1) is 13.8 Å². The Kier molecular flexibility index (Phi) is 4.53. The van der Waals surface area contributed by atoms with Crippen LogP contribution in [0.15, 0.2) is 45.6 Å². The molecule has 0 saturated heterocycles. The summed E-state index contributed by atoms with van der Waals surface area (Å²) in [6.45, 7) is 7.35. The van der Waals surface area contributed by atoms with Gasteiger partial charge in [0.2, 0.25) is 0 Å². The maximum Gasteiger partial charge on any atom is 0.290 e. The van der Waals surface area contributed by atoms with E-state index in [2.05, 4.69) is 5.10 Å².